The van der Waals surface area contributed by atoms with Gasteiger partial charge in [0.25, 0.3) is 0 Å². The van der Waals surface area contributed by atoms with Gasteiger partial charge in [0.15, 0.2) is 0 Å². The van der Waals surface area contributed by atoms with Crippen LogP contribution >= 0.6 is 11.6 Å². The molecule has 0 fully saturated rings. The van der Waals surface area contributed by atoms with E-state index < -0.39 is 5.82 Å². The summed E-state index contributed by atoms with van der Waals surface area (Å²) in [6, 6.07) is 18.4. The van der Waals surface area contributed by atoms with Gasteiger partial charge in [0.05, 0.1) is 12.5 Å². The fourth-order valence-corrected chi connectivity index (χ4v) is 2.94. The minimum absolute atomic E-state index is 0.0799. The molecule has 0 aromatic heterocycles. The molecule has 0 heterocycles. The van der Waals surface area contributed by atoms with Crippen LogP contribution in [0.5, 0.6) is 0 Å². The molecule has 0 unspecified atom stereocenters. The molecule has 0 bridgehead atoms. The lowest BCUT2D eigenvalue weighted by molar-refractivity contribution is -0.121. The van der Waals surface area contributed by atoms with Gasteiger partial charge in [0.2, 0.25) is 5.91 Å². The SMILES string of the molecule is C[C@@H](NC(=O)Cc1c(F)cccc1Cl)c1ccc2ccccc2c1. The van der Waals surface area contributed by atoms with Crippen molar-refractivity contribution in [1.82, 2.24) is 5.32 Å². The van der Waals surface area contributed by atoms with Crippen LogP contribution in [0.4, 0.5) is 4.39 Å². The molecule has 1 atom stereocenters. The second-order valence-electron chi connectivity index (χ2n) is 5.77. The molecule has 0 aliphatic rings. The van der Waals surface area contributed by atoms with Gasteiger partial charge >= 0.3 is 0 Å². The summed E-state index contributed by atoms with van der Waals surface area (Å²) in [5.41, 5.74) is 1.23. The predicted octanol–water partition coefficient (Wildman–Crippen LogP) is 5.05. The molecule has 0 spiro atoms. The van der Waals surface area contributed by atoms with Crippen molar-refractivity contribution < 1.29 is 9.18 Å². The van der Waals surface area contributed by atoms with Gasteiger partial charge in [-0.05, 0) is 41.5 Å². The topological polar surface area (TPSA) is 29.1 Å². The molecule has 3 aromatic rings. The Balaban J connectivity index is 1.73. The Kier molecular flexibility index (Phi) is 4.81. The fourth-order valence-electron chi connectivity index (χ4n) is 2.71. The summed E-state index contributed by atoms with van der Waals surface area (Å²) < 4.78 is 13.8. The van der Waals surface area contributed by atoms with E-state index in [1.54, 1.807) is 6.07 Å². The van der Waals surface area contributed by atoms with Gasteiger partial charge in [0.1, 0.15) is 5.82 Å². The van der Waals surface area contributed by atoms with Crippen LogP contribution in [0.25, 0.3) is 10.8 Å². The number of fused-ring (bicyclic) bond motifs is 1. The molecule has 2 nitrogen and oxygen atoms in total. The van der Waals surface area contributed by atoms with E-state index in [9.17, 15) is 9.18 Å². The summed E-state index contributed by atoms with van der Waals surface area (Å²) >= 11 is 5.97. The average molecular weight is 342 g/mol. The standard InChI is InChI=1S/C20H17ClFNO/c1-13(15-10-9-14-5-2-3-6-16(14)11-15)23-20(24)12-17-18(21)7-4-8-19(17)22/h2-11,13H,12H2,1H3,(H,23,24)/t13-/m1/s1. The Morgan fingerprint density at radius 3 is 2.58 bits per heavy atom. The highest BCUT2D eigenvalue weighted by Crippen LogP contribution is 2.22. The lowest BCUT2D eigenvalue weighted by atomic mass is 10.0. The van der Waals surface area contributed by atoms with Crippen molar-refractivity contribution in [2.24, 2.45) is 0 Å². The van der Waals surface area contributed by atoms with Crippen LogP contribution in [0.1, 0.15) is 24.1 Å². The van der Waals surface area contributed by atoms with Crippen LogP contribution in [0.2, 0.25) is 5.02 Å². The Morgan fingerprint density at radius 1 is 1.08 bits per heavy atom. The van der Waals surface area contributed by atoms with E-state index in [0.717, 1.165) is 16.3 Å². The van der Waals surface area contributed by atoms with E-state index in [2.05, 4.69) is 11.4 Å². The molecule has 24 heavy (non-hydrogen) atoms. The van der Waals surface area contributed by atoms with Gasteiger partial charge in [-0.25, -0.2) is 4.39 Å². The van der Waals surface area contributed by atoms with E-state index in [0.29, 0.717) is 0 Å². The molecule has 0 radical (unpaired) electrons. The minimum Gasteiger partial charge on any atom is -0.349 e. The van der Waals surface area contributed by atoms with E-state index in [1.165, 1.54) is 12.1 Å². The first-order chi connectivity index (χ1) is 11.5. The summed E-state index contributed by atoms with van der Waals surface area (Å²) in [5.74, 6) is -0.723. The molecule has 1 amide bonds. The number of rotatable bonds is 4. The Labute approximate surface area is 145 Å². The maximum Gasteiger partial charge on any atom is 0.225 e. The summed E-state index contributed by atoms with van der Waals surface area (Å²) in [6.45, 7) is 1.91. The van der Waals surface area contributed by atoms with Crippen LogP contribution < -0.4 is 5.32 Å². The third kappa shape index (κ3) is 3.57. The number of hydrogen-bond acceptors (Lipinski definition) is 1. The quantitative estimate of drug-likeness (QED) is 0.706. The number of nitrogens with one attached hydrogen (secondary N) is 1. The third-order valence-electron chi connectivity index (χ3n) is 4.05. The van der Waals surface area contributed by atoms with Gasteiger partial charge in [-0.2, -0.15) is 0 Å². The summed E-state index contributed by atoms with van der Waals surface area (Å²) in [5, 5.41) is 5.44. The second-order valence-corrected chi connectivity index (χ2v) is 6.18. The monoisotopic (exact) mass is 341 g/mol. The van der Waals surface area contributed by atoms with Crippen molar-refractivity contribution in [3.63, 3.8) is 0 Å². The molecule has 4 heteroatoms. The smallest absolute Gasteiger partial charge is 0.225 e. The molecule has 0 saturated carbocycles. The van der Waals surface area contributed by atoms with Crippen molar-refractivity contribution in [3.05, 3.63) is 82.6 Å². The van der Waals surface area contributed by atoms with Gasteiger partial charge in [0, 0.05) is 10.6 Å². The van der Waals surface area contributed by atoms with Crippen LogP contribution in [0, 0.1) is 5.82 Å². The lowest BCUT2D eigenvalue weighted by Gasteiger charge is -2.15. The maximum atomic E-state index is 13.8. The number of benzene rings is 3. The Hall–Kier alpha value is -2.39. The number of carbonyl (C=O) groups excluding carboxylic acids is 1. The highest BCUT2D eigenvalue weighted by Gasteiger charge is 2.14. The predicted molar refractivity (Wildman–Crippen MR) is 95.6 cm³/mol. The highest BCUT2D eigenvalue weighted by atomic mass is 35.5. The van der Waals surface area contributed by atoms with E-state index in [1.807, 2.05) is 43.3 Å². The molecular formula is C20H17ClFNO. The summed E-state index contributed by atoms with van der Waals surface area (Å²) in [7, 11) is 0. The molecule has 3 rings (SSSR count). The van der Waals surface area contributed by atoms with Crippen molar-refractivity contribution in [2.45, 2.75) is 19.4 Å². The molecule has 1 N–H and O–H groups in total. The molecule has 0 aliphatic heterocycles. The Morgan fingerprint density at radius 2 is 1.83 bits per heavy atom. The van der Waals surface area contributed by atoms with Crippen LogP contribution in [-0.4, -0.2) is 5.91 Å². The molecule has 0 aliphatic carbocycles. The van der Waals surface area contributed by atoms with Crippen LogP contribution in [0.3, 0.4) is 0 Å². The van der Waals surface area contributed by atoms with Crippen LogP contribution in [-0.2, 0) is 11.2 Å². The second kappa shape index (κ2) is 7.02. The maximum absolute atomic E-state index is 13.8. The van der Waals surface area contributed by atoms with Crippen molar-refractivity contribution >= 4 is 28.3 Å². The zero-order chi connectivity index (χ0) is 17.1. The van der Waals surface area contributed by atoms with E-state index in [4.69, 9.17) is 11.6 Å². The normalized spacial score (nSPS) is 12.1. The zero-order valence-electron chi connectivity index (χ0n) is 13.2. The number of hydrogen-bond donors (Lipinski definition) is 1. The summed E-state index contributed by atoms with van der Waals surface area (Å²) in [6.07, 6.45) is -0.0799. The fraction of sp³-hybridized carbons (Fsp3) is 0.150. The average Bonchev–Trinajstić information content (AvgIpc) is 2.58. The summed E-state index contributed by atoms with van der Waals surface area (Å²) in [4.78, 5) is 12.2. The molecule has 122 valence electrons. The van der Waals surface area contributed by atoms with E-state index in [-0.39, 0.29) is 29.0 Å². The molecule has 0 saturated heterocycles. The minimum atomic E-state index is -0.462. The lowest BCUT2D eigenvalue weighted by Crippen LogP contribution is -2.28. The number of carbonyl (C=O) groups is 1. The number of amides is 1. The first-order valence-electron chi connectivity index (χ1n) is 7.75. The van der Waals surface area contributed by atoms with Crippen LogP contribution in [0.15, 0.2) is 60.7 Å². The van der Waals surface area contributed by atoms with Gasteiger partial charge in [-0.15, -0.1) is 0 Å². The Bertz CT molecular complexity index is 873. The van der Waals surface area contributed by atoms with Crippen molar-refractivity contribution in [2.75, 3.05) is 0 Å². The highest BCUT2D eigenvalue weighted by molar-refractivity contribution is 6.31. The first-order valence-corrected chi connectivity index (χ1v) is 8.13. The molecular weight excluding hydrogens is 325 g/mol. The molecule has 3 aromatic carbocycles. The van der Waals surface area contributed by atoms with Crippen molar-refractivity contribution in [3.8, 4) is 0 Å². The first kappa shape index (κ1) is 16.5. The number of halogens is 2. The zero-order valence-corrected chi connectivity index (χ0v) is 14.0. The van der Waals surface area contributed by atoms with Gasteiger partial charge in [-0.1, -0.05) is 54.1 Å². The largest absolute Gasteiger partial charge is 0.349 e. The third-order valence-corrected chi connectivity index (χ3v) is 4.40. The van der Waals surface area contributed by atoms with Crippen molar-refractivity contribution in [1.29, 1.82) is 0 Å². The van der Waals surface area contributed by atoms with E-state index >= 15 is 0 Å². The van der Waals surface area contributed by atoms with Gasteiger partial charge < -0.3 is 5.32 Å². The van der Waals surface area contributed by atoms with Gasteiger partial charge in [-0.3, -0.25) is 4.79 Å².